The molecule has 48 nitrogen and oxygen atoms in total. The zero-order valence-electron chi connectivity index (χ0n) is 79.5. The lowest BCUT2D eigenvalue weighted by molar-refractivity contribution is -0.192. The predicted molar refractivity (Wildman–Crippen MR) is 515 cm³/mol. The molecule has 4 bridgehead atoms. The minimum Gasteiger partial charge on any atom is -0.481 e. The number of thioether (sulfide) groups is 3. The number of rotatable bonds is 19. The second kappa shape index (κ2) is 56.8. The number of hydrogen-bond donors (Lipinski definition) is 19. The van der Waals surface area contributed by atoms with Crippen molar-refractivity contribution in [2.45, 2.75) is 224 Å². The number of carboxylic acid groups (broad SMARTS) is 1. The molecule has 0 saturated carbocycles. The Morgan fingerprint density at radius 2 is 1.04 bits per heavy atom. The highest BCUT2D eigenvalue weighted by molar-refractivity contribution is 7.99. The largest absolute Gasteiger partial charge is 0.481 e. The van der Waals surface area contributed by atoms with Crippen LogP contribution in [0.15, 0.2) is 75.3 Å². The molecule has 141 heavy (non-hydrogen) atoms. The molecule has 770 valence electrons. The van der Waals surface area contributed by atoms with Crippen LogP contribution in [0, 0.1) is 17.8 Å². The first-order valence-electron chi connectivity index (χ1n) is 46.1. The van der Waals surface area contributed by atoms with Gasteiger partial charge >= 0.3 is 29.2 Å². The van der Waals surface area contributed by atoms with Crippen LogP contribution in [0.5, 0.6) is 0 Å². The summed E-state index contributed by atoms with van der Waals surface area (Å²) in [6.07, 6.45) is -1.85. The summed E-state index contributed by atoms with van der Waals surface area (Å²) in [4.78, 5) is 336. The number of para-hydroxylation sites is 2. The number of amides is 16. The number of H-pyrrole nitrogens is 2. The monoisotopic (exact) mass is 2030 g/mol. The van der Waals surface area contributed by atoms with Gasteiger partial charge in [-0.2, -0.15) is 44.9 Å². The zero-order valence-corrected chi connectivity index (χ0v) is 82.0. The van der Waals surface area contributed by atoms with Gasteiger partial charge in [0.1, 0.15) is 66.2 Å². The van der Waals surface area contributed by atoms with Gasteiger partial charge in [0.2, 0.25) is 94.5 Å². The van der Waals surface area contributed by atoms with Crippen molar-refractivity contribution in [1.29, 1.82) is 0 Å². The van der Waals surface area contributed by atoms with Crippen LogP contribution in [-0.4, -0.2) is 315 Å². The minimum absolute atomic E-state index is 0.00508. The Morgan fingerprint density at radius 1 is 0.532 bits per heavy atom. The standard InChI is InChI=1S/C89H126N22O24S3.CO2/c1-9-57-79(125)103-64-46-137-33-23-54(113)16-14-30-109-87(133)110(31-27-92-67(115)24-34-136-44-53(77(123)106-75(50(7)112)85(131)99-57)38-66(114)49(6)97-70(118)43-107(8)71(119)22-26-90)89(135)111(88(109)134)32-28-93-68(116)25-35-138-45-63(76(91)122)102-83(129)65-21-15-29-108(65)86(132)74(48(4)5)105-80(126)60(36-51-40-94-58-19-12-10-17-55(51)58)98-69(117)42-96-78(124)62(39-72(120)121)101-84(130)73(47(2)3)104-81(127)61(100-82(64)128)37-52-41-95-59-20-13-11-18-56(52)59;2-1-3/h10-13,17-20,40-41,47-50,53,57,60-65,73-75,94-95,112H,9,14-16,21-39,42-46,90H2,1-8H3,(H2,91,122)(H,92,115)(H,93,116)(H,96,124)(H,97,118)(H,98,117)(H,99,131)(H,100,128)(H,101,130)(H,102,129)(H,103,125)(H,104,127)(H,105,126)(H,106,123)(H,120,121);/t49-,50+,53-,57-,60-,61-,62-,63-,64-,65-,73-,74-,75-;/m0./s1. The van der Waals surface area contributed by atoms with Gasteiger partial charge in [-0.15, -0.1) is 0 Å². The Hall–Kier alpha value is -13.4. The number of primary amides is 1. The second-order valence-electron chi connectivity index (χ2n) is 34.7. The molecular formula is C90H126N22O26S3. The normalized spacial score (nSPS) is 23.0. The lowest BCUT2D eigenvalue weighted by Crippen LogP contribution is -2.61. The highest BCUT2D eigenvalue weighted by Gasteiger charge is 2.43. The van der Waals surface area contributed by atoms with Crippen LogP contribution in [0.1, 0.15) is 130 Å². The molecule has 51 heteroatoms. The molecule has 0 unspecified atom stereocenters. The van der Waals surface area contributed by atoms with Crippen LogP contribution >= 0.6 is 35.3 Å². The number of hydrogen-bond acceptors (Lipinski definition) is 29. The summed E-state index contributed by atoms with van der Waals surface area (Å²) in [6, 6.07) is -3.43. The highest BCUT2D eigenvalue weighted by atomic mass is 32.2. The third kappa shape index (κ3) is 34.8. The Labute approximate surface area is 822 Å². The van der Waals surface area contributed by atoms with Crippen molar-refractivity contribution in [3.8, 4) is 0 Å². The molecular weight excluding hydrogens is 1900 g/mol. The number of aliphatic hydroxyl groups is 1. The second-order valence-corrected chi connectivity index (χ2v) is 38.2. The van der Waals surface area contributed by atoms with E-state index in [1.54, 1.807) is 74.8 Å². The fourth-order valence-corrected chi connectivity index (χ4v) is 18.6. The van der Waals surface area contributed by atoms with Gasteiger partial charge in [0.25, 0.3) is 0 Å². The van der Waals surface area contributed by atoms with Crippen LogP contribution in [0.2, 0.25) is 0 Å². The van der Waals surface area contributed by atoms with Crippen LogP contribution < -0.4 is 97.7 Å². The van der Waals surface area contributed by atoms with Crippen molar-refractivity contribution >= 4 is 175 Å². The van der Waals surface area contributed by atoms with Crippen LogP contribution in [0.25, 0.3) is 21.8 Å². The Morgan fingerprint density at radius 3 is 1.58 bits per heavy atom. The summed E-state index contributed by atoms with van der Waals surface area (Å²) in [5, 5.41) is 56.0. The number of aromatic amines is 2. The number of ketones is 2. The SMILES string of the molecule is CC[C@@H]1NC(=O)[C@H]([C@@H](C)O)NC(=O)[C@@H](CC(=O)[C@H](C)NC(=O)CN(C)C(=O)CCN)CSCCC(=O)NCCn2c(=O)n3c(=O)n(c2=O)CCNC(=O)CCSC[C@@H](C(N)=O)NC(=O)[C@@H]2CCCN2C(=O)[C@H](C(C)C)NC(=O)[C@H](Cc2c[nH]c4ccccc24)NC(=O)CNC(=O)[C@H](CC(=O)O)NC(=O)[C@H](C(C)C)NC(=O)[C@H](Cc2c[nH]c4ccccc24)NC(=O)[C@H](CSCCC(=O)CCC3)NC1=O.O=C=O. The minimum atomic E-state index is -1.98. The fourth-order valence-electron chi connectivity index (χ4n) is 15.5. The number of aliphatic hydroxyl groups excluding tert-OH is 1. The molecule has 6 heterocycles. The summed E-state index contributed by atoms with van der Waals surface area (Å²) in [6.45, 7) is 6.42. The van der Waals surface area contributed by atoms with E-state index in [1.807, 2.05) is 0 Å². The Kier molecular flexibility index (Phi) is 46.1. The predicted octanol–water partition coefficient (Wildman–Crippen LogP) is -5.56. The molecule has 3 aliphatic rings. The number of nitrogens with two attached hydrogens (primary N) is 2. The van der Waals surface area contributed by atoms with E-state index in [0.29, 0.717) is 53.1 Å². The number of aromatic nitrogens is 5. The van der Waals surface area contributed by atoms with Crippen molar-refractivity contribution in [1.82, 2.24) is 103 Å². The fraction of sp³-hybridized carbons (Fsp3) is 0.567. The van der Waals surface area contributed by atoms with Crippen molar-refractivity contribution in [3.05, 3.63) is 104 Å². The average Bonchev–Trinajstić information content (AvgIpc) is 1.57. The average molecular weight is 2030 g/mol. The van der Waals surface area contributed by atoms with E-state index in [2.05, 4.69) is 79.1 Å². The van der Waals surface area contributed by atoms with E-state index in [4.69, 9.17) is 21.1 Å². The maximum Gasteiger partial charge on any atom is 0.373 e. The molecule has 1 fully saturated rings. The molecule has 2 aromatic carbocycles. The molecule has 0 aliphatic carbocycles. The first kappa shape index (κ1) is 115. The van der Waals surface area contributed by atoms with Crippen molar-refractivity contribution in [3.63, 3.8) is 0 Å². The molecule has 0 spiro atoms. The first-order valence-corrected chi connectivity index (χ1v) is 49.6. The number of fused-ring (bicyclic) bond motifs is 13. The molecule has 8 rings (SSSR count). The van der Waals surface area contributed by atoms with E-state index in [9.17, 15) is 106 Å². The van der Waals surface area contributed by atoms with Gasteiger partial charge in [0, 0.05) is 173 Å². The zero-order chi connectivity index (χ0) is 104. The van der Waals surface area contributed by atoms with E-state index < -0.39 is 277 Å². The molecule has 21 N–H and O–H groups in total. The number of benzene rings is 2. The summed E-state index contributed by atoms with van der Waals surface area (Å²) < 4.78 is 2.03. The Balaban J connectivity index is 0.00000888. The lowest BCUT2D eigenvalue weighted by Gasteiger charge is -2.32. The van der Waals surface area contributed by atoms with Gasteiger partial charge in [0.05, 0.1) is 37.6 Å². The quantitative estimate of drug-likeness (QED) is 0.0367. The van der Waals surface area contributed by atoms with Crippen molar-refractivity contribution in [2.24, 2.45) is 29.2 Å². The first-order chi connectivity index (χ1) is 67.0. The summed E-state index contributed by atoms with van der Waals surface area (Å²) in [5.74, 6) is -21.3. The number of Topliss-reactive ketones (excluding diaryl/α,β-unsaturated/α-hetero) is 2. The van der Waals surface area contributed by atoms with Gasteiger partial charge < -0.3 is 111 Å². The third-order valence-corrected chi connectivity index (χ3v) is 26.6. The molecule has 5 aromatic rings. The van der Waals surface area contributed by atoms with Gasteiger partial charge in [-0.25, -0.2) is 28.1 Å². The van der Waals surface area contributed by atoms with E-state index in [1.165, 1.54) is 39.6 Å². The summed E-state index contributed by atoms with van der Waals surface area (Å²) >= 11 is 2.96. The molecule has 13 atom stereocenters. The lowest BCUT2D eigenvalue weighted by atomic mass is 9.98. The number of likely N-dealkylation sites (N-methyl/N-ethyl adjacent to an activating group) is 1. The van der Waals surface area contributed by atoms with Gasteiger partial charge in [0.15, 0.2) is 5.78 Å². The van der Waals surface area contributed by atoms with Crippen LogP contribution in [0.3, 0.4) is 0 Å². The van der Waals surface area contributed by atoms with Gasteiger partial charge in [-0.3, -0.25) is 91.1 Å². The van der Waals surface area contributed by atoms with Crippen LogP contribution in [0.4, 0.5) is 0 Å². The Bertz CT molecular complexity index is 5570. The van der Waals surface area contributed by atoms with E-state index in [0.717, 1.165) is 47.1 Å². The van der Waals surface area contributed by atoms with E-state index >= 15 is 9.59 Å². The van der Waals surface area contributed by atoms with Gasteiger partial charge in [-0.1, -0.05) is 71.0 Å². The number of carbonyl (C=O) groups excluding carboxylic acids is 20. The number of carboxylic acids is 1. The molecule has 3 aromatic heterocycles. The number of nitrogens with zero attached hydrogens (tertiary/aromatic N) is 5. The number of aliphatic carboxylic acids is 1. The van der Waals surface area contributed by atoms with Crippen molar-refractivity contribution in [2.75, 3.05) is 80.8 Å². The number of carbonyl (C=O) groups is 19. The van der Waals surface area contributed by atoms with Gasteiger partial charge in [-0.05, 0) is 74.6 Å². The molecule has 0 radical (unpaired) electrons. The maximum atomic E-state index is 15.4. The molecule has 3 aliphatic heterocycles. The molecule has 16 amide bonds. The van der Waals surface area contributed by atoms with Crippen molar-refractivity contribution < 1.29 is 111 Å². The third-order valence-electron chi connectivity index (χ3n) is 23.4. The molecule has 1 saturated heterocycles. The van der Waals surface area contributed by atoms with Crippen LogP contribution in [-0.2, 0) is 133 Å². The smallest absolute Gasteiger partial charge is 0.373 e. The maximum absolute atomic E-state index is 15.4. The topological polar surface area (TPSA) is 711 Å². The summed E-state index contributed by atoms with van der Waals surface area (Å²) in [5.41, 5.74) is 10.1. The summed E-state index contributed by atoms with van der Waals surface area (Å²) in [7, 11) is 1.35. The van der Waals surface area contributed by atoms with E-state index in [-0.39, 0.29) is 119 Å². The number of nitrogens with one attached hydrogen (secondary N) is 15. The highest BCUT2D eigenvalue weighted by Crippen LogP contribution is 2.26.